The minimum atomic E-state index is 0.317. The Kier molecular flexibility index (Phi) is 6.18. The lowest BCUT2D eigenvalue weighted by Gasteiger charge is -2.15. The summed E-state index contributed by atoms with van der Waals surface area (Å²) in [5.41, 5.74) is 10.3. The zero-order valence-electron chi connectivity index (χ0n) is 25.7. The van der Waals surface area contributed by atoms with E-state index in [1.54, 1.807) is 6.20 Å². The number of aromatic nitrogens is 3. The van der Waals surface area contributed by atoms with Crippen LogP contribution in [0.3, 0.4) is 0 Å². The van der Waals surface area contributed by atoms with Crippen molar-refractivity contribution in [2.75, 3.05) is 0 Å². The molecule has 0 radical (unpaired) electrons. The van der Waals surface area contributed by atoms with Gasteiger partial charge in [-0.1, -0.05) is 103 Å². The Balaban J connectivity index is 1.36. The Bertz CT molecular complexity index is 2790. The molecule has 5 nitrogen and oxygen atoms in total. The summed E-state index contributed by atoms with van der Waals surface area (Å²) in [4.78, 5) is 4.50. The molecule has 6 aromatic carbocycles. The molecule has 0 bridgehead atoms. The third-order valence-electron chi connectivity index (χ3n) is 9.25. The molecule has 0 unspecified atom stereocenters. The normalized spacial score (nSPS) is 11.3. The van der Waals surface area contributed by atoms with Gasteiger partial charge in [-0.3, -0.25) is 0 Å². The van der Waals surface area contributed by atoms with E-state index >= 15 is 0 Å². The van der Waals surface area contributed by atoms with Crippen LogP contribution >= 0.6 is 0 Å². The van der Waals surface area contributed by atoms with Gasteiger partial charge < -0.3 is 9.13 Å². The van der Waals surface area contributed by atoms with Gasteiger partial charge in [0.2, 0.25) is 0 Å². The largest absolute Gasteiger partial charge is 0.307 e. The third-order valence-corrected chi connectivity index (χ3v) is 9.25. The number of para-hydroxylation sites is 3. The predicted octanol–water partition coefficient (Wildman–Crippen LogP) is 10.4. The van der Waals surface area contributed by atoms with Gasteiger partial charge in [0, 0.05) is 44.6 Å². The lowest BCUT2D eigenvalue weighted by Crippen LogP contribution is -2.01. The SMILES string of the molecule is N#Cc1cc(-c2cc(-c3ccccc3)cnc2C#N)ccc1-n1c2ccccc2c2ccc3c4ccccc4n(-c4ccccc4)c3c21. The summed E-state index contributed by atoms with van der Waals surface area (Å²) in [7, 11) is 0. The van der Waals surface area contributed by atoms with Crippen LogP contribution in [0, 0.1) is 22.7 Å². The van der Waals surface area contributed by atoms with Crippen LogP contribution in [0.5, 0.6) is 0 Å². The molecule has 48 heavy (non-hydrogen) atoms. The van der Waals surface area contributed by atoms with Crippen LogP contribution in [0.1, 0.15) is 11.3 Å². The molecule has 0 saturated carbocycles. The molecule has 0 spiro atoms. The Morgan fingerprint density at radius 1 is 0.479 bits per heavy atom. The zero-order chi connectivity index (χ0) is 32.2. The Morgan fingerprint density at radius 2 is 1.08 bits per heavy atom. The number of nitriles is 2. The molecule has 9 rings (SSSR count). The summed E-state index contributed by atoms with van der Waals surface area (Å²) in [5, 5.41) is 25.2. The molecule has 222 valence electrons. The Morgan fingerprint density at radius 3 is 1.75 bits per heavy atom. The number of hydrogen-bond donors (Lipinski definition) is 0. The van der Waals surface area contributed by atoms with Gasteiger partial charge in [-0.2, -0.15) is 10.5 Å². The number of benzene rings is 6. The van der Waals surface area contributed by atoms with Crippen molar-refractivity contribution in [1.82, 2.24) is 14.1 Å². The van der Waals surface area contributed by atoms with Crippen molar-refractivity contribution in [1.29, 1.82) is 10.5 Å². The second-order valence-electron chi connectivity index (χ2n) is 11.8. The second kappa shape index (κ2) is 10.8. The summed E-state index contributed by atoms with van der Waals surface area (Å²) < 4.78 is 4.57. The van der Waals surface area contributed by atoms with Crippen molar-refractivity contribution in [2.45, 2.75) is 0 Å². The van der Waals surface area contributed by atoms with E-state index in [-0.39, 0.29) is 0 Å². The highest BCUT2D eigenvalue weighted by Crippen LogP contribution is 2.42. The summed E-state index contributed by atoms with van der Waals surface area (Å²) in [6, 6.07) is 54.4. The fourth-order valence-corrected chi connectivity index (χ4v) is 7.15. The van der Waals surface area contributed by atoms with Crippen LogP contribution < -0.4 is 0 Å². The molecule has 0 aliphatic rings. The highest BCUT2D eigenvalue weighted by atomic mass is 15.0. The number of hydrogen-bond acceptors (Lipinski definition) is 3. The minimum absolute atomic E-state index is 0.317. The first-order valence-corrected chi connectivity index (χ1v) is 15.8. The number of fused-ring (bicyclic) bond motifs is 7. The lowest BCUT2D eigenvalue weighted by atomic mass is 9.97. The molecule has 0 amide bonds. The molecular weight excluding hydrogens is 587 g/mol. The van der Waals surface area contributed by atoms with Gasteiger partial charge in [0.05, 0.1) is 33.3 Å². The Labute approximate surface area is 276 Å². The number of nitrogens with zero attached hydrogens (tertiary/aromatic N) is 5. The van der Waals surface area contributed by atoms with E-state index in [4.69, 9.17) is 0 Å². The van der Waals surface area contributed by atoms with Crippen molar-refractivity contribution < 1.29 is 0 Å². The van der Waals surface area contributed by atoms with E-state index < -0.39 is 0 Å². The smallest absolute Gasteiger partial charge is 0.148 e. The maximum Gasteiger partial charge on any atom is 0.148 e. The van der Waals surface area contributed by atoms with E-state index in [1.807, 2.05) is 66.7 Å². The lowest BCUT2D eigenvalue weighted by molar-refractivity contribution is 1.14. The van der Waals surface area contributed by atoms with Gasteiger partial charge in [-0.25, -0.2) is 4.98 Å². The molecule has 3 aromatic heterocycles. The first-order valence-electron chi connectivity index (χ1n) is 15.8. The van der Waals surface area contributed by atoms with Crippen molar-refractivity contribution in [3.05, 3.63) is 163 Å². The molecule has 0 aliphatic carbocycles. The van der Waals surface area contributed by atoms with Crippen molar-refractivity contribution in [3.63, 3.8) is 0 Å². The fourth-order valence-electron chi connectivity index (χ4n) is 7.15. The summed E-state index contributed by atoms with van der Waals surface area (Å²) in [5.74, 6) is 0. The van der Waals surface area contributed by atoms with Gasteiger partial charge in [0.15, 0.2) is 0 Å². The maximum atomic E-state index is 10.7. The molecule has 9 aromatic rings. The van der Waals surface area contributed by atoms with Crippen LogP contribution in [-0.4, -0.2) is 14.1 Å². The monoisotopic (exact) mass is 611 g/mol. The molecule has 0 saturated heterocycles. The molecule has 3 heterocycles. The molecular formula is C43H25N5. The fraction of sp³-hybridized carbons (Fsp3) is 0. The molecule has 0 atom stereocenters. The average molecular weight is 612 g/mol. The van der Waals surface area contributed by atoms with E-state index in [1.165, 1.54) is 5.39 Å². The quantitative estimate of drug-likeness (QED) is 0.199. The van der Waals surface area contributed by atoms with E-state index in [0.29, 0.717) is 16.8 Å². The van der Waals surface area contributed by atoms with Gasteiger partial charge in [-0.05, 0) is 53.6 Å². The highest BCUT2D eigenvalue weighted by Gasteiger charge is 2.22. The van der Waals surface area contributed by atoms with Gasteiger partial charge in [-0.15, -0.1) is 0 Å². The standard InChI is InChI=1S/C43H25N5/c44-25-30-23-29(37-24-31(27-46-38(37)26-45)28-11-3-1-4-12-28)19-22-39(30)48-41-18-10-8-16-34(41)36-21-20-35-33-15-7-9-17-40(33)47(42(35)43(36)48)32-13-5-2-6-14-32/h1-24,27H. The van der Waals surface area contributed by atoms with Crippen LogP contribution in [0.2, 0.25) is 0 Å². The molecule has 0 N–H and O–H groups in total. The van der Waals surface area contributed by atoms with Crippen LogP contribution in [0.4, 0.5) is 0 Å². The van der Waals surface area contributed by atoms with E-state index in [2.05, 4.69) is 105 Å². The van der Waals surface area contributed by atoms with Crippen LogP contribution in [0.15, 0.2) is 152 Å². The maximum absolute atomic E-state index is 10.7. The zero-order valence-corrected chi connectivity index (χ0v) is 25.7. The summed E-state index contributed by atoms with van der Waals surface area (Å²) >= 11 is 0. The van der Waals surface area contributed by atoms with Gasteiger partial charge >= 0.3 is 0 Å². The topological polar surface area (TPSA) is 70.3 Å². The predicted molar refractivity (Wildman–Crippen MR) is 193 cm³/mol. The van der Waals surface area contributed by atoms with Crippen molar-refractivity contribution in [3.8, 4) is 45.8 Å². The third kappa shape index (κ3) is 4.06. The van der Waals surface area contributed by atoms with Crippen LogP contribution in [0.25, 0.3) is 77.2 Å². The summed E-state index contributed by atoms with van der Waals surface area (Å²) in [6.07, 6.45) is 1.73. The molecule has 5 heteroatoms. The highest BCUT2D eigenvalue weighted by molar-refractivity contribution is 6.23. The Hall–Kier alpha value is -6.95. The molecule has 0 fully saturated rings. The van der Waals surface area contributed by atoms with Crippen molar-refractivity contribution in [2.24, 2.45) is 0 Å². The van der Waals surface area contributed by atoms with E-state index in [0.717, 1.165) is 66.3 Å². The average Bonchev–Trinajstić information content (AvgIpc) is 3.68. The van der Waals surface area contributed by atoms with Crippen LogP contribution in [-0.2, 0) is 0 Å². The minimum Gasteiger partial charge on any atom is -0.307 e. The number of pyridine rings is 1. The van der Waals surface area contributed by atoms with Gasteiger partial charge in [0.1, 0.15) is 17.8 Å². The number of rotatable bonds is 4. The first-order chi connectivity index (χ1) is 23.7. The first kappa shape index (κ1) is 27.4. The van der Waals surface area contributed by atoms with Crippen molar-refractivity contribution >= 4 is 43.6 Å². The second-order valence-corrected chi connectivity index (χ2v) is 11.8. The molecule has 0 aliphatic heterocycles. The summed E-state index contributed by atoms with van der Waals surface area (Å²) in [6.45, 7) is 0. The van der Waals surface area contributed by atoms with E-state index in [9.17, 15) is 10.5 Å². The van der Waals surface area contributed by atoms with Gasteiger partial charge in [0.25, 0.3) is 0 Å².